The summed E-state index contributed by atoms with van der Waals surface area (Å²) in [5.74, 6) is -55.9. The fraction of sp³-hybridized carbons (Fsp3) is 1.00. The fourth-order valence-electron chi connectivity index (χ4n) is 2.72. The van der Waals surface area contributed by atoms with Crippen molar-refractivity contribution in [3.8, 4) is 0 Å². The van der Waals surface area contributed by atoms with Crippen molar-refractivity contribution in [2.75, 3.05) is 32.1 Å². The van der Waals surface area contributed by atoms with E-state index in [-0.39, 0.29) is 29.6 Å². The van der Waals surface area contributed by atoms with Crippen LogP contribution in [0.2, 0.25) is 0 Å². The normalized spacial score (nSPS) is 16.6. The summed E-state index contributed by atoms with van der Waals surface area (Å²) < 4.78 is 259. The molecule has 242 valence electrons. The Morgan fingerprint density at radius 3 is 1.59 bits per heavy atom. The number of hydrogen-bond acceptors (Lipinski definition) is 6. The van der Waals surface area contributed by atoms with Crippen LogP contribution in [0.1, 0.15) is 6.92 Å². The molecule has 0 aromatic heterocycles. The Labute approximate surface area is 241 Å². The summed E-state index contributed by atoms with van der Waals surface area (Å²) in [5, 5.41) is 10.6. The summed E-state index contributed by atoms with van der Waals surface area (Å²) in [5.41, 5.74) is 0. The van der Waals surface area contributed by atoms with Gasteiger partial charge in [-0.25, -0.2) is 21.6 Å². The van der Waals surface area contributed by atoms with Crippen molar-refractivity contribution in [2.24, 2.45) is 0 Å². The van der Waals surface area contributed by atoms with E-state index < -0.39 is 102 Å². The maximum atomic E-state index is 13.9. The molecule has 2 unspecified atom stereocenters. The first-order valence-corrected chi connectivity index (χ1v) is 11.6. The Morgan fingerprint density at radius 2 is 1.22 bits per heavy atom. The van der Waals surface area contributed by atoms with E-state index in [1.165, 1.54) is 5.32 Å². The van der Waals surface area contributed by atoms with Gasteiger partial charge in [-0.1, -0.05) is 6.92 Å². The molecular formula is C16H18F17N2NaO4S. The van der Waals surface area contributed by atoms with E-state index in [9.17, 15) is 92.7 Å². The van der Waals surface area contributed by atoms with E-state index in [0.29, 0.717) is 4.90 Å². The number of nitrogens with zero attached hydrogens (tertiary/aromatic N) is 1. The van der Waals surface area contributed by atoms with Gasteiger partial charge in [0.05, 0.1) is 28.5 Å². The van der Waals surface area contributed by atoms with Crippen molar-refractivity contribution in [3.63, 3.8) is 0 Å². The van der Waals surface area contributed by atoms with E-state index in [4.69, 9.17) is 0 Å². The van der Waals surface area contributed by atoms with Gasteiger partial charge in [-0.05, 0) is 6.54 Å². The molecule has 2 atom stereocenters. The third kappa shape index (κ3) is 8.62. The molecular weight excluding hydrogens is 662 g/mol. The third-order valence-electron chi connectivity index (χ3n) is 5.00. The Morgan fingerprint density at radius 1 is 0.805 bits per heavy atom. The summed E-state index contributed by atoms with van der Waals surface area (Å²) in [6, 6.07) is 0. The van der Waals surface area contributed by atoms with Crippen molar-refractivity contribution < 1.29 is 122 Å². The van der Waals surface area contributed by atoms with Crippen LogP contribution in [0.4, 0.5) is 74.6 Å². The van der Waals surface area contributed by atoms with Crippen molar-refractivity contribution in [1.82, 2.24) is 10.2 Å². The second kappa shape index (κ2) is 13.7. The van der Waals surface area contributed by atoms with Crippen LogP contribution in [0.5, 0.6) is 0 Å². The molecule has 6 nitrogen and oxygen atoms in total. The topological polar surface area (TPSA) is 92.7 Å². The van der Waals surface area contributed by atoms with Gasteiger partial charge in [0, 0.05) is 13.2 Å². The Hall–Kier alpha value is -0.400. The van der Waals surface area contributed by atoms with Gasteiger partial charge in [-0.3, -0.25) is 10.2 Å². The average Bonchev–Trinajstić information content (AvgIpc) is 2.75. The number of halogens is 17. The zero-order valence-corrected chi connectivity index (χ0v) is 23.0. The molecule has 41 heavy (non-hydrogen) atoms. The molecule has 0 radical (unpaired) electrons. The number of hydrogen-bond donors (Lipinski definition) is 2. The zero-order chi connectivity index (χ0) is 32.6. The molecule has 0 spiro atoms. The van der Waals surface area contributed by atoms with E-state index in [2.05, 4.69) is 0 Å². The first kappa shape index (κ1) is 42.7. The monoisotopic (exact) mass is 680 g/mol. The number of likely N-dealkylation sites (N-methyl/N-ethyl adjacent to an activating group) is 1. The van der Waals surface area contributed by atoms with Gasteiger partial charge in [-0.2, -0.15) is 61.5 Å². The Kier molecular flexibility index (Phi) is 14.3. The van der Waals surface area contributed by atoms with Crippen LogP contribution in [0.3, 0.4) is 0 Å². The molecule has 0 heterocycles. The molecule has 0 saturated heterocycles. The molecule has 0 aliphatic carbocycles. The van der Waals surface area contributed by atoms with Gasteiger partial charge >= 0.3 is 77.4 Å². The van der Waals surface area contributed by atoms with Crippen molar-refractivity contribution in [3.05, 3.63) is 0 Å². The van der Waals surface area contributed by atoms with Gasteiger partial charge in [0.1, 0.15) is 0 Å². The first-order valence-electron chi connectivity index (χ1n) is 10.00. The van der Waals surface area contributed by atoms with Crippen LogP contribution in [0.25, 0.3) is 0 Å². The molecule has 0 aliphatic rings. The summed E-state index contributed by atoms with van der Waals surface area (Å²) in [4.78, 5) is 0.635. The number of rotatable bonds is 17. The third-order valence-corrected chi connectivity index (χ3v) is 5.80. The molecule has 0 fully saturated rings. The van der Waals surface area contributed by atoms with Crippen molar-refractivity contribution in [1.29, 1.82) is 0 Å². The van der Waals surface area contributed by atoms with Crippen LogP contribution in [-0.4, -0.2) is 115 Å². The molecule has 0 aromatic carbocycles. The van der Waals surface area contributed by atoms with Gasteiger partial charge in [0.15, 0.2) is 0 Å². The second-order valence-electron chi connectivity index (χ2n) is 8.10. The first-order chi connectivity index (χ1) is 17.4. The van der Waals surface area contributed by atoms with E-state index in [1.807, 2.05) is 0 Å². The molecule has 0 saturated carbocycles. The minimum atomic E-state index is -8.50. The molecule has 0 aliphatic heterocycles. The smallest absolute Gasteiger partial charge is 0.748 e. The van der Waals surface area contributed by atoms with Crippen LogP contribution >= 0.6 is 0 Å². The predicted molar refractivity (Wildman–Crippen MR) is 96.2 cm³/mol. The van der Waals surface area contributed by atoms with Crippen molar-refractivity contribution in [2.45, 2.75) is 67.1 Å². The van der Waals surface area contributed by atoms with Crippen molar-refractivity contribution >= 4 is 10.1 Å². The standard InChI is InChI=1S/C16H19F17N2O4S.Na/c1-2-35(3-7(36)4-40(37,38)39)6-34-5-10(20,21)13(26,27)15(30,31)16(32,33)14(28,29)12(24,25)8(17)11(22,23)9(18)19;/h7-9,34,36H,2-6H2,1H3,(H,37,38,39);/q;+1/p-1. The molecule has 0 bridgehead atoms. The van der Waals surface area contributed by atoms with Crippen LogP contribution < -0.4 is 34.9 Å². The van der Waals surface area contributed by atoms with Gasteiger partial charge in [0.25, 0.3) is 0 Å². The predicted octanol–water partition coefficient (Wildman–Crippen LogP) is 0.816. The minimum absolute atomic E-state index is 0. The number of aliphatic hydroxyl groups is 1. The maximum Gasteiger partial charge on any atom is 1.00 e. The van der Waals surface area contributed by atoms with Gasteiger partial charge in [0.2, 0.25) is 6.17 Å². The minimum Gasteiger partial charge on any atom is -0.748 e. The molecule has 0 rings (SSSR count). The van der Waals surface area contributed by atoms with Crippen LogP contribution in [0, 0.1) is 0 Å². The second-order valence-corrected chi connectivity index (χ2v) is 9.54. The number of aliphatic hydroxyl groups excluding tert-OH is 1. The van der Waals surface area contributed by atoms with E-state index >= 15 is 0 Å². The summed E-state index contributed by atoms with van der Waals surface area (Å²) >= 11 is 0. The summed E-state index contributed by atoms with van der Waals surface area (Å²) in [6.07, 6.45) is -14.1. The van der Waals surface area contributed by atoms with E-state index in [1.54, 1.807) is 0 Å². The van der Waals surface area contributed by atoms with Gasteiger partial charge in [-0.15, -0.1) is 0 Å². The molecule has 2 N–H and O–H groups in total. The van der Waals surface area contributed by atoms with E-state index in [0.717, 1.165) is 6.92 Å². The molecule has 25 heteroatoms. The summed E-state index contributed by atoms with van der Waals surface area (Å²) in [6.45, 7) is -4.24. The van der Waals surface area contributed by atoms with Crippen LogP contribution in [0.15, 0.2) is 0 Å². The van der Waals surface area contributed by atoms with Crippen LogP contribution in [-0.2, 0) is 10.1 Å². The summed E-state index contributed by atoms with van der Waals surface area (Å²) in [7, 11) is -5.05. The average molecular weight is 680 g/mol. The number of nitrogens with one attached hydrogen (secondary N) is 1. The quantitative estimate of drug-likeness (QED) is 0.102. The molecule has 0 aromatic rings. The Balaban J connectivity index is 0. The fourth-order valence-corrected chi connectivity index (χ4v) is 3.30. The maximum absolute atomic E-state index is 13.9. The number of alkyl halides is 17. The zero-order valence-electron chi connectivity index (χ0n) is 20.2. The SMILES string of the molecule is CCN(CNCC(F)(F)C(F)(F)C(F)(F)C(F)(F)C(F)(F)C(F)(F)C(F)C(F)(F)C(F)F)CC(O)CS(=O)(=O)[O-].[Na+]. The molecule has 0 amide bonds. The van der Waals surface area contributed by atoms with Gasteiger partial charge < -0.3 is 9.66 Å². The largest absolute Gasteiger partial charge is 1.00 e. The Bertz CT molecular complexity index is 954.